The van der Waals surface area contributed by atoms with Crippen molar-refractivity contribution < 1.29 is 13.2 Å². The number of nitrogen functional groups attached to an aromatic ring is 2. The Kier molecular flexibility index (Phi) is 5.33. The Balaban J connectivity index is 2.19. The summed E-state index contributed by atoms with van der Waals surface area (Å²) in [5.41, 5.74) is 11.5. The van der Waals surface area contributed by atoms with Crippen LogP contribution in [0.25, 0.3) is 0 Å². The number of primary sulfonamides is 1. The standard InChI is InChI=1S/C15H20N6O4S/c1-8-5-11(26(18,24)25)14(17)15(23)21(8)7-13(22)19-6-10-3-4-12(16)20-9(10)2/h3-5H,6-7,17H2,1-2H3,(H2,16,20)(H,19,22)(H2,18,24,25). The zero-order valence-electron chi connectivity index (χ0n) is 14.3. The molecule has 0 aliphatic carbocycles. The first-order chi connectivity index (χ1) is 12.0. The van der Waals surface area contributed by atoms with E-state index < -0.39 is 32.1 Å². The number of hydrogen-bond acceptors (Lipinski definition) is 7. The van der Waals surface area contributed by atoms with E-state index in [1.807, 2.05) is 0 Å². The van der Waals surface area contributed by atoms with Crippen molar-refractivity contribution in [2.24, 2.45) is 5.14 Å². The Morgan fingerprint density at radius 3 is 2.50 bits per heavy atom. The molecule has 0 bridgehead atoms. The average molecular weight is 380 g/mol. The van der Waals surface area contributed by atoms with Crippen LogP contribution < -0.4 is 27.5 Å². The molecule has 1 amide bonds. The SMILES string of the molecule is Cc1nc(N)ccc1CNC(=O)Cn1c(C)cc(S(N)(=O)=O)c(N)c1=O. The number of carbonyl (C=O) groups excluding carboxylic acids is 1. The third-order valence-corrected chi connectivity index (χ3v) is 4.76. The van der Waals surface area contributed by atoms with Crippen LogP contribution in [0.5, 0.6) is 0 Å². The number of aromatic nitrogens is 2. The zero-order valence-corrected chi connectivity index (χ0v) is 15.1. The second-order valence-electron chi connectivity index (χ2n) is 5.76. The predicted molar refractivity (Wildman–Crippen MR) is 96.5 cm³/mol. The highest BCUT2D eigenvalue weighted by Gasteiger charge is 2.19. The lowest BCUT2D eigenvalue weighted by atomic mass is 10.2. The highest BCUT2D eigenvalue weighted by molar-refractivity contribution is 7.89. The van der Waals surface area contributed by atoms with Crippen molar-refractivity contribution in [2.75, 3.05) is 11.5 Å². The lowest BCUT2D eigenvalue weighted by Crippen LogP contribution is -2.35. The maximum Gasteiger partial charge on any atom is 0.275 e. The number of amides is 1. The maximum atomic E-state index is 12.3. The summed E-state index contributed by atoms with van der Waals surface area (Å²) < 4.78 is 24.0. The molecule has 0 aromatic carbocycles. The predicted octanol–water partition coefficient (Wildman–Crippen LogP) is -1.01. The van der Waals surface area contributed by atoms with E-state index >= 15 is 0 Å². The van der Waals surface area contributed by atoms with Gasteiger partial charge in [0, 0.05) is 17.9 Å². The summed E-state index contributed by atoms with van der Waals surface area (Å²) in [6.45, 7) is 3.13. The van der Waals surface area contributed by atoms with Crippen LogP contribution in [0.1, 0.15) is 17.0 Å². The maximum absolute atomic E-state index is 12.3. The molecule has 2 aromatic rings. The van der Waals surface area contributed by atoms with Crippen LogP contribution in [-0.4, -0.2) is 23.9 Å². The van der Waals surface area contributed by atoms with Crippen molar-refractivity contribution >= 4 is 27.4 Å². The van der Waals surface area contributed by atoms with Gasteiger partial charge in [-0.15, -0.1) is 0 Å². The number of pyridine rings is 2. The fraction of sp³-hybridized carbons (Fsp3) is 0.267. The van der Waals surface area contributed by atoms with Crippen LogP contribution >= 0.6 is 0 Å². The Morgan fingerprint density at radius 1 is 1.27 bits per heavy atom. The third kappa shape index (κ3) is 4.18. The van der Waals surface area contributed by atoms with Gasteiger partial charge in [-0.25, -0.2) is 18.5 Å². The number of aryl methyl sites for hydroxylation is 2. The molecule has 10 nitrogen and oxygen atoms in total. The molecule has 0 saturated heterocycles. The number of sulfonamides is 1. The lowest BCUT2D eigenvalue weighted by Gasteiger charge is -2.14. The number of hydrogen-bond donors (Lipinski definition) is 4. The summed E-state index contributed by atoms with van der Waals surface area (Å²) in [6.07, 6.45) is 0. The van der Waals surface area contributed by atoms with E-state index in [-0.39, 0.29) is 18.8 Å². The minimum Gasteiger partial charge on any atom is -0.393 e. The number of nitrogens with one attached hydrogen (secondary N) is 1. The molecule has 0 unspecified atom stereocenters. The fourth-order valence-electron chi connectivity index (χ4n) is 2.38. The molecule has 0 spiro atoms. The summed E-state index contributed by atoms with van der Waals surface area (Å²) >= 11 is 0. The quantitative estimate of drug-likeness (QED) is 0.513. The molecule has 11 heteroatoms. The molecule has 0 saturated carbocycles. The number of anilines is 2. The number of nitrogens with two attached hydrogens (primary N) is 3. The van der Waals surface area contributed by atoms with Gasteiger partial charge in [0.15, 0.2) is 0 Å². The van der Waals surface area contributed by atoms with Gasteiger partial charge >= 0.3 is 0 Å². The molecule has 140 valence electrons. The molecular weight excluding hydrogens is 360 g/mol. The highest BCUT2D eigenvalue weighted by Crippen LogP contribution is 2.14. The van der Waals surface area contributed by atoms with Crippen molar-refractivity contribution in [1.82, 2.24) is 14.9 Å². The first-order valence-electron chi connectivity index (χ1n) is 7.52. The van der Waals surface area contributed by atoms with E-state index in [2.05, 4.69) is 10.3 Å². The van der Waals surface area contributed by atoms with E-state index in [9.17, 15) is 18.0 Å². The largest absolute Gasteiger partial charge is 0.393 e. The normalized spacial score (nSPS) is 11.3. The number of nitrogens with zero attached hydrogens (tertiary/aromatic N) is 2. The minimum atomic E-state index is -4.13. The smallest absolute Gasteiger partial charge is 0.275 e. The van der Waals surface area contributed by atoms with Crippen LogP contribution in [-0.2, 0) is 27.9 Å². The van der Waals surface area contributed by atoms with Crippen molar-refractivity contribution in [3.63, 3.8) is 0 Å². The van der Waals surface area contributed by atoms with E-state index in [4.69, 9.17) is 16.6 Å². The van der Waals surface area contributed by atoms with Gasteiger partial charge in [-0.05, 0) is 31.5 Å². The van der Waals surface area contributed by atoms with Crippen molar-refractivity contribution in [2.45, 2.75) is 31.8 Å². The minimum absolute atomic E-state index is 0.205. The summed E-state index contributed by atoms with van der Waals surface area (Å²) in [4.78, 5) is 28.1. The van der Waals surface area contributed by atoms with Gasteiger partial charge < -0.3 is 21.4 Å². The molecule has 26 heavy (non-hydrogen) atoms. The van der Waals surface area contributed by atoms with Gasteiger partial charge in [-0.3, -0.25) is 9.59 Å². The summed E-state index contributed by atoms with van der Waals surface area (Å²) in [6, 6.07) is 4.53. The molecule has 0 aliphatic heterocycles. The second-order valence-corrected chi connectivity index (χ2v) is 7.29. The monoisotopic (exact) mass is 380 g/mol. The van der Waals surface area contributed by atoms with E-state index in [0.717, 1.165) is 16.2 Å². The van der Waals surface area contributed by atoms with Crippen molar-refractivity contribution in [3.8, 4) is 0 Å². The average Bonchev–Trinajstić information content (AvgIpc) is 2.53. The van der Waals surface area contributed by atoms with Gasteiger partial charge in [0.05, 0.1) is 0 Å². The summed E-state index contributed by atoms with van der Waals surface area (Å²) in [7, 11) is -4.13. The van der Waals surface area contributed by atoms with Crippen molar-refractivity contribution in [1.29, 1.82) is 0 Å². The Morgan fingerprint density at radius 2 is 1.92 bits per heavy atom. The van der Waals surface area contributed by atoms with E-state index in [0.29, 0.717) is 11.5 Å². The number of carbonyl (C=O) groups is 1. The molecule has 2 rings (SSSR count). The molecule has 0 fully saturated rings. The Bertz CT molecular complexity index is 1030. The fourth-order valence-corrected chi connectivity index (χ4v) is 3.11. The molecule has 0 aliphatic rings. The Labute approximate surface area is 150 Å². The molecule has 2 heterocycles. The first-order valence-corrected chi connectivity index (χ1v) is 9.06. The van der Waals surface area contributed by atoms with Gasteiger partial charge in [-0.1, -0.05) is 6.07 Å². The van der Waals surface area contributed by atoms with E-state index in [1.54, 1.807) is 19.1 Å². The van der Waals surface area contributed by atoms with Gasteiger partial charge in [0.25, 0.3) is 5.56 Å². The highest BCUT2D eigenvalue weighted by atomic mass is 32.2. The second kappa shape index (κ2) is 7.14. The van der Waals surface area contributed by atoms with Gasteiger partial charge in [-0.2, -0.15) is 0 Å². The first kappa shape index (κ1) is 19.4. The van der Waals surface area contributed by atoms with Crippen LogP contribution in [0.4, 0.5) is 11.5 Å². The van der Waals surface area contributed by atoms with Crippen LogP contribution in [0.3, 0.4) is 0 Å². The van der Waals surface area contributed by atoms with Crippen LogP contribution in [0, 0.1) is 13.8 Å². The zero-order chi connectivity index (χ0) is 19.6. The lowest BCUT2D eigenvalue weighted by molar-refractivity contribution is -0.121. The number of rotatable bonds is 5. The third-order valence-electron chi connectivity index (χ3n) is 3.81. The topological polar surface area (TPSA) is 176 Å². The summed E-state index contributed by atoms with van der Waals surface area (Å²) in [5.74, 6) is -0.0700. The molecule has 0 atom stereocenters. The summed E-state index contributed by atoms with van der Waals surface area (Å²) in [5, 5.41) is 7.70. The molecule has 0 radical (unpaired) electrons. The van der Waals surface area contributed by atoms with Crippen LogP contribution in [0.2, 0.25) is 0 Å². The van der Waals surface area contributed by atoms with E-state index in [1.165, 1.54) is 6.92 Å². The van der Waals surface area contributed by atoms with Crippen LogP contribution in [0.15, 0.2) is 27.9 Å². The van der Waals surface area contributed by atoms with Gasteiger partial charge in [0.2, 0.25) is 15.9 Å². The Hall–Kier alpha value is -2.92. The molecular formula is C15H20N6O4S. The van der Waals surface area contributed by atoms with Gasteiger partial charge in [0.1, 0.15) is 22.9 Å². The molecule has 7 N–H and O–H groups in total. The van der Waals surface area contributed by atoms with Crippen molar-refractivity contribution in [3.05, 3.63) is 45.5 Å². The molecule has 2 aromatic heterocycles.